The average molecular weight is 371 g/mol. The summed E-state index contributed by atoms with van der Waals surface area (Å²) in [7, 11) is 0. The van der Waals surface area contributed by atoms with E-state index in [9.17, 15) is 4.79 Å². The first-order chi connectivity index (χ1) is 12.1. The van der Waals surface area contributed by atoms with Gasteiger partial charge in [-0.15, -0.1) is 23.1 Å². The van der Waals surface area contributed by atoms with Gasteiger partial charge in [-0.1, -0.05) is 30.3 Å². The fraction of sp³-hybridized carbons (Fsp3) is 0.222. The Morgan fingerprint density at radius 2 is 2.00 bits per heavy atom. The van der Waals surface area contributed by atoms with E-state index >= 15 is 0 Å². The van der Waals surface area contributed by atoms with E-state index in [1.807, 2.05) is 50.2 Å². The molecule has 7 heteroatoms. The maximum Gasteiger partial charge on any atom is 0.226 e. The number of thioether (sulfide) groups is 1. The molecule has 0 unspecified atom stereocenters. The molecule has 0 aliphatic heterocycles. The molecule has 0 atom stereocenters. The summed E-state index contributed by atoms with van der Waals surface area (Å²) >= 11 is 3.05. The summed E-state index contributed by atoms with van der Waals surface area (Å²) in [4.78, 5) is 26.0. The zero-order chi connectivity index (χ0) is 17.6. The molecule has 2 aromatic heterocycles. The molecular weight excluding hydrogens is 352 g/mol. The smallest absolute Gasteiger partial charge is 0.226 e. The molecule has 0 spiro atoms. The van der Waals surface area contributed by atoms with E-state index in [0.717, 1.165) is 26.9 Å². The van der Waals surface area contributed by atoms with Crippen LogP contribution in [0.5, 0.6) is 0 Å². The first-order valence-electron chi connectivity index (χ1n) is 7.86. The molecule has 0 aliphatic carbocycles. The monoisotopic (exact) mass is 370 g/mol. The van der Waals surface area contributed by atoms with Crippen LogP contribution in [0.25, 0.3) is 11.3 Å². The van der Waals surface area contributed by atoms with Crippen LogP contribution in [0.1, 0.15) is 17.0 Å². The summed E-state index contributed by atoms with van der Waals surface area (Å²) in [5.41, 5.74) is 2.90. The minimum Gasteiger partial charge on any atom is -0.302 e. The fourth-order valence-corrected chi connectivity index (χ4v) is 3.79. The van der Waals surface area contributed by atoms with Crippen LogP contribution in [0, 0.1) is 13.8 Å². The van der Waals surface area contributed by atoms with E-state index in [2.05, 4.69) is 20.3 Å². The average Bonchev–Trinajstić information content (AvgIpc) is 2.93. The number of nitrogens with zero attached hydrogens (tertiary/aromatic N) is 3. The molecule has 1 N–H and O–H groups in total. The molecule has 3 rings (SSSR count). The number of aromatic nitrogens is 3. The van der Waals surface area contributed by atoms with Crippen LogP contribution in [-0.2, 0) is 4.79 Å². The Labute approximate surface area is 155 Å². The summed E-state index contributed by atoms with van der Waals surface area (Å²) < 4.78 is 0. The maximum atomic E-state index is 12.0. The van der Waals surface area contributed by atoms with Crippen LogP contribution in [0.3, 0.4) is 0 Å². The van der Waals surface area contributed by atoms with Crippen molar-refractivity contribution in [2.45, 2.75) is 25.3 Å². The quantitative estimate of drug-likeness (QED) is 0.516. The molecule has 0 bridgehead atoms. The van der Waals surface area contributed by atoms with Crippen LogP contribution in [-0.4, -0.2) is 26.6 Å². The number of carbonyl (C=O) groups excluding carboxylic acids is 1. The second-order valence-electron chi connectivity index (χ2n) is 5.41. The van der Waals surface area contributed by atoms with Crippen molar-refractivity contribution in [1.29, 1.82) is 0 Å². The first-order valence-corrected chi connectivity index (χ1v) is 9.66. The number of hydrogen-bond donors (Lipinski definition) is 1. The lowest BCUT2D eigenvalue weighted by molar-refractivity contribution is -0.115. The Balaban J connectivity index is 1.53. The number of nitrogens with one attached hydrogen (secondary N) is 1. The summed E-state index contributed by atoms with van der Waals surface area (Å²) in [5.74, 6) is 0.624. The number of aryl methyl sites for hydroxylation is 2. The largest absolute Gasteiger partial charge is 0.302 e. The van der Waals surface area contributed by atoms with Crippen molar-refractivity contribution in [3.05, 3.63) is 53.3 Å². The van der Waals surface area contributed by atoms with E-state index in [-0.39, 0.29) is 5.91 Å². The van der Waals surface area contributed by atoms with Gasteiger partial charge in [0.1, 0.15) is 6.33 Å². The van der Waals surface area contributed by atoms with Crippen molar-refractivity contribution >= 4 is 34.1 Å². The highest BCUT2D eigenvalue weighted by Gasteiger charge is 2.09. The Bertz CT molecular complexity index is 845. The van der Waals surface area contributed by atoms with E-state index in [0.29, 0.717) is 17.3 Å². The third-order valence-electron chi connectivity index (χ3n) is 3.57. The highest BCUT2D eigenvalue weighted by Crippen LogP contribution is 2.23. The number of thiazole rings is 1. The molecule has 128 valence electrons. The van der Waals surface area contributed by atoms with Crippen LogP contribution < -0.4 is 5.32 Å². The minimum absolute atomic E-state index is 0.0291. The predicted octanol–water partition coefficient (Wildman–Crippen LogP) is 4.34. The van der Waals surface area contributed by atoms with Crippen LogP contribution in [0.4, 0.5) is 5.13 Å². The molecule has 0 saturated carbocycles. The van der Waals surface area contributed by atoms with Crippen LogP contribution in [0.15, 0.2) is 47.8 Å². The second-order valence-corrected chi connectivity index (χ2v) is 7.73. The van der Waals surface area contributed by atoms with Crippen molar-refractivity contribution in [3.63, 3.8) is 0 Å². The van der Waals surface area contributed by atoms with Gasteiger partial charge in [-0.25, -0.2) is 15.0 Å². The van der Waals surface area contributed by atoms with Crippen LogP contribution >= 0.6 is 23.1 Å². The molecule has 5 nitrogen and oxygen atoms in total. The molecular formula is C18H18N4OS2. The number of carbonyl (C=O) groups is 1. The lowest BCUT2D eigenvalue weighted by atomic mass is 10.1. The Morgan fingerprint density at radius 1 is 1.20 bits per heavy atom. The highest BCUT2D eigenvalue weighted by atomic mass is 32.2. The van der Waals surface area contributed by atoms with Crippen molar-refractivity contribution in [3.8, 4) is 11.3 Å². The predicted molar refractivity (Wildman–Crippen MR) is 103 cm³/mol. The van der Waals surface area contributed by atoms with Crippen LogP contribution in [0.2, 0.25) is 0 Å². The molecule has 0 fully saturated rings. The molecule has 0 saturated heterocycles. The van der Waals surface area contributed by atoms with Crippen molar-refractivity contribution in [2.24, 2.45) is 0 Å². The summed E-state index contributed by atoms with van der Waals surface area (Å²) in [6.07, 6.45) is 1.97. The van der Waals surface area contributed by atoms with Gasteiger partial charge in [-0.3, -0.25) is 4.79 Å². The van der Waals surface area contributed by atoms with Crippen molar-refractivity contribution < 1.29 is 4.79 Å². The summed E-state index contributed by atoms with van der Waals surface area (Å²) in [6, 6.07) is 11.9. The van der Waals surface area contributed by atoms with E-state index in [1.54, 1.807) is 18.1 Å². The van der Waals surface area contributed by atoms with Gasteiger partial charge >= 0.3 is 0 Å². The highest BCUT2D eigenvalue weighted by molar-refractivity contribution is 7.99. The van der Waals surface area contributed by atoms with E-state index in [4.69, 9.17) is 0 Å². The van der Waals surface area contributed by atoms with Gasteiger partial charge in [-0.05, 0) is 19.9 Å². The summed E-state index contributed by atoms with van der Waals surface area (Å²) in [5, 5.41) is 4.38. The van der Waals surface area contributed by atoms with Gasteiger partial charge in [0, 0.05) is 22.6 Å². The molecule has 0 aliphatic rings. The van der Waals surface area contributed by atoms with Gasteiger partial charge in [0.05, 0.1) is 16.4 Å². The topological polar surface area (TPSA) is 67.8 Å². The SMILES string of the molecule is Cc1nc(NC(=O)CCSc2cc(-c3ccccc3)ncn2)sc1C. The maximum absolute atomic E-state index is 12.0. The molecule has 1 aromatic carbocycles. The number of anilines is 1. The lowest BCUT2D eigenvalue weighted by Gasteiger charge is -2.04. The van der Waals surface area contributed by atoms with Gasteiger partial charge < -0.3 is 5.32 Å². The summed E-state index contributed by atoms with van der Waals surface area (Å²) in [6.45, 7) is 3.94. The molecule has 25 heavy (non-hydrogen) atoms. The van der Waals surface area contributed by atoms with E-state index < -0.39 is 0 Å². The third-order valence-corrected chi connectivity index (χ3v) is 5.48. The zero-order valence-corrected chi connectivity index (χ0v) is 15.7. The minimum atomic E-state index is -0.0291. The zero-order valence-electron chi connectivity index (χ0n) is 14.0. The Hall–Kier alpha value is -2.25. The number of hydrogen-bond acceptors (Lipinski definition) is 6. The normalized spacial score (nSPS) is 10.6. The number of amides is 1. The van der Waals surface area contributed by atoms with E-state index in [1.165, 1.54) is 11.3 Å². The Morgan fingerprint density at radius 3 is 2.72 bits per heavy atom. The standard InChI is InChI=1S/C18H18N4OS2/c1-12-13(2)25-18(21-12)22-16(23)8-9-24-17-10-15(19-11-20-17)14-6-4-3-5-7-14/h3-7,10-11H,8-9H2,1-2H3,(H,21,22,23). The molecule has 0 radical (unpaired) electrons. The van der Waals surface area contributed by atoms with Gasteiger partial charge in [0.25, 0.3) is 0 Å². The van der Waals surface area contributed by atoms with Gasteiger partial charge in [-0.2, -0.15) is 0 Å². The van der Waals surface area contributed by atoms with Crippen molar-refractivity contribution in [1.82, 2.24) is 15.0 Å². The third kappa shape index (κ3) is 4.87. The molecule has 1 amide bonds. The first kappa shape index (κ1) is 17.6. The van der Waals surface area contributed by atoms with Gasteiger partial charge in [0.15, 0.2) is 5.13 Å². The van der Waals surface area contributed by atoms with Gasteiger partial charge in [0.2, 0.25) is 5.91 Å². The molecule has 2 heterocycles. The number of benzene rings is 1. The lowest BCUT2D eigenvalue weighted by Crippen LogP contribution is -2.12. The second kappa shape index (κ2) is 8.22. The fourth-order valence-electron chi connectivity index (χ4n) is 2.14. The van der Waals surface area contributed by atoms with Crippen molar-refractivity contribution in [2.75, 3.05) is 11.1 Å². The number of rotatable bonds is 6. The Kier molecular flexibility index (Phi) is 5.78. The molecule has 3 aromatic rings.